The molecule has 0 bridgehead atoms. The first-order valence-corrected chi connectivity index (χ1v) is 17.8. The minimum absolute atomic E-state index is 0.0382. The van der Waals surface area contributed by atoms with Gasteiger partial charge in [-0.05, 0) is 91.3 Å². The molecule has 0 unspecified atom stereocenters. The maximum atomic E-state index is 14.2. The van der Waals surface area contributed by atoms with Crippen LogP contribution in [0.15, 0.2) is 91.0 Å². The van der Waals surface area contributed by atoms with Crippen molar-refractivity contribution < 1.29 is 28.7 Å². The van der Waals surface area contributed by atoms with Crippen LogP contribution in [0.5, 0.6) is 0 Å². The van der Waals surface area contributed by atoms with E-state index in [1.54, 1.807) is 39.0 Å². The molecule has 52 heavy (non-hydrogen) atoms. The molecule has 1 aliphatic carbocycles. The first-order chi connectivity index (χ1) is 24.9. The molecule has 0 fully saturated rings. The number of nitrogens with one attached hydrogen (secondary N) is 3. The minimum Gasteiger partial charge on any atom is -0.448 e. The fourth-order valence-electron chi connectivity index (χ4n) is 6.75. The Hall–Kier alpha value is -5.35. The lowest BCUT2D eigenvalue weighted by atomic mass is 9.93. The molecule has 3 N–H and O–H groups in total. The van der Waals surface area contributed by atoms with Crippen molar-refractivity contribution >= 4 is 41.3 Å². The van der Waals surface area contributed by atoms with E-state index in [0.29, 0.717) is 10.7 Å². The molecule has 1 aliphatic heterocycles. The summed E-state index contributed by atoms with van der Waals surface area (Å²) in [6.45, 7) is 7.37. The summed E-state index contributed by atoms with van der Waals surface area (Å²) in [6, 6.07) is 26.9. The highest BCUT2D eigenvalue weighted by Gasteiger charge is 2.38. The van der Waals surface area contributed by atoms with Crippen molar-refractivity contribution in [3.63, 3.8) is 0 Å². The van der Waals surface area contributed by atoms with E-state index >= 15 is 0 Å². The maximum absolute atomic E-state index is 14.2. The highest BCUT2D eigenvalue weighted by Crippen LogP contribution is 2.44. The third-order valence-corrected chi connectivity index (χ3v) is 9.71. The lowest BCUT2D eigenvalue weighted by Gasteiger charge is -2.36. The Morgan fingerprint density at radius 1 is 0.885 bits per heavy atom. The predicted molar refractivity (Wildman–Crippen MR) is 200 cm³/mol. The van der Waals surface area contributed by atoms with E-state index in [4.69, 9.17) is 21.1 Å². The molecule has 4 aromatic rings. The highest BCUT2D eigenvalue weighted by molar-refractivity contribution is 6.31. The first kappa shape index (κ1) is 36.4. The van der Waals surface area contributed by atoms with Gasteiger partial charge in [0.1, 0.15) is 24.3 Å². The van der Waals surface area contributed by atoms with Crippen LogP contribution in [0.25, 0.3) is 11.1 Å². The van der Waals surface area contributed by atoms with E-state index in [1.807, 2.05) is 55.5 Å². The second-order valence-electron chi connectivity index (χ2n) is 14.2. The highest BCUT2D eigenvalue weighted by atomic mass is 35.5. The van der Waals surface area contributed by atoms with Crippen LogP contribution in [-0.4, -0.2) is 59.7 Å². The quantitative estimate of drug-likeness (QED) is 0.166. The van der Waals surface area contributed by atoms with Gasteiger partial charge in [0.25, 0.3) is 0 Å². The van der Waals surface area contributed by atoms with Crippen LogP contribution in [0.2, 0.25) is 5.02 Å². The van der Waals surface area contributed by atoms with Gasteiger partial charge in [0.15, 0.2) is 0 Å². The van der Waals surface area contributed by atoms with Crippen molar-refractivity contribution in [1.29, 1.82) is 0 Å². The number of fused-ring (bicyclic) bond motifs is 4. The largest absolute Gasteiger partial charge is 0.448 e. The average Bonchev–Trinajstić information content (AvgIpc) is 3.43. The number of halogens is 1. The Morgan fingerprint density at radius 2 is 1.52 bits per heavy atom. The van der Waals surface area contributed by atoms with Crippen molar-refractivity contribution in [1.82, 2.24) is 15.5 Å². The van der Waals surface area contributed by atoms with E-state index in [-0.39, 0.29) is 38.5 Å². The minimum atomic E-state index is -1.07. The number of aryl methyl sites for hydroxylation is 1. The normalized spacial score (nSPS) is 15.4. The summed E-state index contributed by atoms with van der Waals surface area (Å²) < 4.78 is 11.4. The molecule has 2 aliphatic rings. The molecule has 4 aromatic carbocycles. The van der Waals surface area contributed by atoms with Crippen LogP contribution in [0, 0.1) is 6.92 Å². The molecule has 10 nitrogen and oxygen atoms in total. The van der Waals surface area contributed by atoms with E-state index < -0.39 is 41.7 Å². The lowest BCUT2D eigenvalue weighted by Crippen LogP contribution is -2.56. The molecule has 0 saturated carbocycles. The van der Waals surface area contributed by atoms with Crippen molar-refractivity contribution in [2.24, 2.45) is 0 Å². The number of hydrogen-bond donors (Lipinski definition) is 3. The number of carbonyl (C=O) groups excluding carboxylic acids is 4. The van der Waals surface area contributed by atoms with E-state index in [0.717, 1.165) is 38.9 Å². The summed E-state index contributed by atoms with van der Waals surface area (Å²) in [4.78, 5) is 55.6. The Morgan fingerprint density at radius 3 is 2.17 bits per heavy atom. The van der Waals surface area contributed by atoms with Crippen LogP contribution in [-0.2, 0) is 32.0 Å². The van der Waals surface area contributed by atoms with Crippen LogP contribution < -0.4 is 16.0 Å². The van der Waals surface area contributed by atoms with Gasteiger partial charge in [-0.2, -0.15) is 0 Å². The summed E-state index contributed by atoms with van der Waals surface area (Å²) in [5, 5.41) is 8.94. The third kappa shape index (κ3) is 8.40. The van der Waals surface area contributed by atoms with Crippen molar-refractivity contribution in [2.45, 2.75) is 70.7 Å². The molecule has 0 saturated heterocycles. The van der Waals surface area contributed by atoms with Crippen molar-refractivity contribution in [3.8, 4) is 11.1 Å². The zero-order valence-corrected chi connectivity index (χ0v) is 30.5. The number of anilines is 1. The summed E-state index contributed by atoms with van der Waals surface area (Å²) in [6.07, 6.45) is -0.984. The molecule has 0 radical (unpaired) electrons. The second kappa shape index (κ2) is 15.5. The summed E-state index contributed by atoms with van der Waals surface area (Å²) in [7, 11) is 0. The van der Waals surface area contributed by atoms with Crippen LogP contribution >= 0.6 is 11.6 Å². The van der Waals surface area contributed by atoms with Crippen molar-refractivity contribution in [3.05, 3.63) is 124 Å². The predicted octanol–water partition coefficient (Wildman–Crippen LogP) is 7.36. The molecule has 4 amide bonds. The standard InChI is InChI=1S/C41H43ClN4O6/c1-25-21-28(17-18-34(25)42)44-37(47)35(19-20-43-39(49)52-41(2,3)4)45-38(48)36-22-26-11-5-6-12-27(26)23-46(36)40(50)51-24-33-31-15-9-7-13-29(31)30-14-8-10-16-32(30)33/h5-18,21,33,35-36H,19-20,22-24H2,1-4H3,(H,43,49)(H,44,47)(H,45,48)/t35-,36-/m0/s1. The maximum Gasteiger partial charge on any atom is 0.410 e. The monoisotopic (exact) mass is 722 g/mol. The average molecular weight is 723 g/mol. The summed E-state index contributed by atoms with van der Waals surface area (Å²) in [5.41, 5.74) is 6.79. The van der Waals surface area contributed by atoms with Gasteiger partial charge in [-0.15, -0.1) is 0 Å². The number of amides is 4. The third-order valence-electron chi connectivity index (χ3n) is 9.28. The molecule has 0 spiro atoms. The van der Waals surface area contributed by atoms with Crippen molar-refractivity contribution in [2.75, 3.05) is 18.5 Å². The number of hydrogen-bond acceptors (Lipinski definition) is 6. The molecular weight excluding hydrogens is 680 g/mol. The van der Waals surface area contributed by atoms with Gasteiger partial charge in [0.05, 0.1) is 6.54 Å². The van der Waals surface area contributed by atoms with Crippen LogP contribution in [0.4, 0.5) is 15.3 Å². The zero-order chi connectivity index (χ0) is 37.0. The second-order valence-corrected chi connectivity index (χ2v) is 14.6. The Kier molecular flexibility index (Phi) is 10.9. The zero-order valence-electron chi connectivity index (χ0n) is 29.7. The van der Waals surface area contributed by atoms with E-state index in [9.17, 15) is 19.2 Å². The lowest BCUT2D eigenvalue weighted by molar-refractivity contribution is -0.130. The van der Waals surface area contributed by atoms with Gasteiger partial charge in [0, 0.05) is 29.6 Å². The van der Waals surface area contributed by atoms with Gasteiger partial charge < -0.3 is 25.4 Å². The van der Waals surface area contributed by atoms with Crippen LogP contribution in [0.1, 0.15) is 60.9 Å². The van der Waals surface area contributed by atoms with Gasteiger partial charge in [-0.1, -0.05) is 84.4 Å². The Labute approximate surface area is 308 Å². The van der Waals surface area contributed by atoms with Gasteiger partial charge in [-0.25, -0.2) is 9.59 Å². The van der Waals surface area contributed by atoms with Gasteiger partial charge in [-0.3, -0.25) is 14.5 Å². The molecule has 11 heteroatoms. The Bertz CT molecular complexity index is 1950. The molecule has 2 atom stereocenters. The van der Waals surface area contributed by atoms with E-state index in [2.05, 4.69) is 40.2 Å². The number of nitrogens with zero attached hydrogens (tertiary/aromatic N) is 1. The number of rotatable bonds is 9. The van der Waals surface area contributed by atoms with E-state index in [1.165, 1.54) is 4.90 Å². The number of alkyl carbamates (subject to hydrolysis) is 1. The topological polar surface area (TPSA) is 126 Å². The van der Waals surface area contributed by atoms with Gasteiger partial charge in [0.2, 0.25) is 11.8 Å². The Balaban J connectivity index is 1.20. The van der Waals surface area contributed by atoms with Crippen LogP contribution in [0.3, 0.4) is 0 Å². The molecule has 1 heterocycles. The first-order valence-electron chi connectivity index (χ1n) is 17.4. The fraction of sp³-hybridized carbons (Fsp3) is 0.317. The molecular formula is C41H43ClN4O6. The summed E-state index contributed by atoms with van der Waals surface area (Å²) >= 11 is 6.19. The molecule has 0 aromatic heterocycles. The fourth-order valence-corrected chi connectivity index (χ4v) is 6.86. The smallest absolute Gasteiger partial charge is 0.410 e. The SMILES string of the molecule is Cc1cc(NC(=O)[C@H](CCNC(=O)OC(C)(C)C)NC(=O)[C@@H]2Cc3ccccc3CN2C(=O)OCC2c3ccccc3-c3ccccc32)ccc1Cl. The summed E-state index contributed by atoms with van der Waals surface area (Å²) in [5.74, 6) is -1.17. The van der Waals surface area contributed by atoms with Gasteiger partial charge >= 0.3 is 12.2 Å². The number of ether oxygens (including phenoxy) is 2. The number of benzene rings is 4. The number of carbonyl (C=O) groups is 4. The molecule has 6 rings (SSSR count). The molecule has 270 valence electrons.